The molecule has 20 heavy (non-hydrogen) atoms. The Morgan fingerprint density at radius 3 is 2.35 bits per heavy atom. The number of hydrogen-bond acceptors (Lipinski definition) is 2. The van der Waals surface area contributed by atoms with Crippen molar-refractivity contribution in [1.29, 1.82) is 0 Å². The third-order valence-electron chi connectivity index (χ3n) is 4.15. The van der Waals surface area contributed by atoms with Crippen LogP contribution in [0.25, 0.3) is 10.8 Å². The molecule has 0 N–H and O–H groups in total. The van der Waals surface area contributed by atoms with Crippen LogP contribution in [-0.4, -0.2) is 14.6 Å². The first-order valence-electron chi connectivity index (χ1n) is 6.91. The molecular formula is C17H22O2Si. The van der Waals surface area contributed by atoms with Crippen molar-refractivity contribution in [3.63, 3.8) is 0 Å². The Morgan fingerprint density at radius 1 is 1.10 bits per heavy atom. The van der Waals surface area contributed by atoms with Crippen molar-refractivity contribution in [1.82, 2.24) is 0 Å². The Kier molecular flexibility index (Phi) is 3.74. The summed E-state index contributed by atoms with van der Waals surface area (Å²) in [6, 6.07) is 11.8. The fourth-order valence-corrected chi connectivity index (χ4v) is 2.90. The van der Waals surface area contributed by atoms with Crippen molar-refractivity contribution in [2.75, 3.05) is 0 Å². The van der Waals surface area contributed by atoms with E-state index in [-0.39, 0.29) is 5.04 Å². The maximum absolute atomic E-state index is 11.1. The van der Waals surface area contributed by atoms with Crippen molar-refractivity contribution in [2.45, 2.75) is 38.9 Å². The topological polar surface area (TPSA) is 26.3 Å². The molecule has 0 spiro atoms. The maximum atomic E-state index is 11.1. The van der Waals surface area contributed by atoms with Crippen LogP contribution in [0.3, 0.4) is 0 Å². The number of aldehydes is 1. The number of hydrogen-bond donors (Lipinski definition) is 0. The molecule has 0 saturated carbocycles. The van der Waals surface area contributed by atoms with E-state index in [1.807, 2.05) is 36.4 Å². The molecule has 0 saturated heterocycles. The van der Waals surface area contributed by atoms with Gasteiger partial charge in [0.15, 0.2) is 0 Å². The molecule has 0 amide bonds. The van der Waals surface area contributed by atoms with E-state index in [0.29, 0.717) is 5.56 Å². The van der Waals surface area contributed by atoms with Crippen LogP contribution in [0.15, 0.2) is 36.4 Å². The summed E-state index contributed by atoms with van der Waals surface area (Å²) >= 11 is 0. The van der Waals surface area contributed by atoms with Gasteiger partial charge in [-0.25, -0.2) is 0 Å². The zero-order valence-corrected chi connectivity index (χ0v) is 13.9. The predicted molar refractivity (Wildman–Crippen MR) is 87.2 cm³/mol. The van der Waals surface area contributed by atoms with E-state index in [1.54, 1.807) is 0 Å². The van der Waals surface area contributed by atoms with Crippen molar-refractivity contribution in [3.8, 4) is 5.75 Å². The van der Waals surface area contributed by atoms with Crippen LogP contribution >= 0.6 is 0 Å². The summed E-state index contributed by atoms with van der Waals surface area (Å²) in [7, 11) is -1.91. The molecule has 0 fully saturated rings. The smallest absolute Gasteiger partial charge is 0.250 e. The summed E-state index contributed by atoms with van der Waals surface area (Å²) in [4.78, 5) is 11.1. The molecule has 0 aliphatic heterocycles. The molecule has 0 atom stereocenters. The largest absolute Gasteiger partial charge is 0.543 e. The molecule has 0 bridgehead atoms. The van der Waals surface area contributed by atoms with Gasteiger partial charge in [-0.1, -0.05) is 45.0 Å². The molecule has 2 rings (SSSR count). The quantitative estimate of drug-likeness (QED) is 0.584. The molecular weight excluding hydrogens is 264 g/mol. The highest BCUT2D eigenvalue weighted by Crippen LogP contribution is 2.39. The van der Waals surface area contributed by atoms with E-state index in [0.717, 1.165) is 22.8 Å². The Morgan fingerprint density at radius 2 is 1.75 bits per heavy atom. The molecule has 2 aromatic carbocycles. The minimum atomic E-state index is -1.91. The van der Waals surface area contributed by atoms with Crippen LogP contribution in [0, 0.1) is 0 Å². The number of carbonyl (C=O) groups excluding carboxylic acids is 1. The molecule has 106 valence electrons. The van der Waals surface area contributed by atoms with E-state index in [2.05, 4.69) is 33.9 Å². The Labute approximate surface area is 121 Å². The molecule has 0 radical (unpaired) electrons. The molecule has 3 heteroatoms. The van der Waals surface area contributed by atoms with E-state index < -0.39 is 8.32 Å². The summed E-state index contributed by atoms with van der Waals surface area (Å²) in [5, 5.41) is 2.25. The second-order valence-corrected chi connectivity index (χ2v) is 11.4. The lowest BCUT2D eigenvalue weighted by Gasteiger charge is -2.36. The van der Waals surface area contributed by atoms with E-state index >= 15 is 0 Å². The van der Waals surface area contributed by atoms with Crippen molar-refractivity contribution in [3.05, 3.63) is 42.0 Å². The second kappa shape index (κ2) is 5.06. The third kappa shape index (κ3) is 2.78. The average molecular weight is 286 g/mol. The normalized spacial score (nSPS) is 12.4. The Balaban J connectivity index is 2.56. The van der Waals surface area contributed by atoms with Gasteiger partial charge in [0, 0.05) is 10.9 Å². The van der Waals surface area contributed by atoms with Crippen LogP contribution < -0.4 is 4.43 Å². The van der Waals surface area contributed by atoms with Gasteiger partial charge in [-0.3, -0.25) is 4.79 Å². The number of fused-ring (bicyclic) bond motifs is 1. The predicted octanol–water partition coefficient (Wildman–Crippen LogP) is 5.04. The minimum Gasteiger partial charge on any atom is -0.543 e. The van der Waals surface area contributed by atoms with Crippen LogP contribution in [0.5, 0.6) is 5.75 Å². The van der Waals surface area contributed by atoms with Gasteiger partial charge >= 0.3 is 0 Å². The lowest BCUT2D eigenvalue weighted by atomic mass is 10.1. The molecule has 0 unspecified atom stereocenters. The molecule has 0 aliphatic carbocycles. The lowest BCUT2D eigenvalue weighted by molar-refractivity contribution is 0.112. The first kappa shape index (κ1) is 14.8. The summed E-state index contributed by atoms with van der Waals surface area (Å²) in [6.07, 6.45) is 0.880. The van der Waals surface area contributed by atoms with Gasteiger partial charge in [-0.2, -0.15) is 0 Å². The van der Waals surface area contributed by atoms with Gasteiger partial charge in [-0.15, -0.1) is 0 Å². The first-order valence-corrected chi connectivity index (χ1v) is 9.82. The lowest BCUT2D eigenvalue weighted by Crippen LogP contribution is -2.43. The van der Waals surface area contributed by atoms with Crippen molar-refractivity contribution < 1.29 is 9.22 Å². The fraction of sp³-hybridized carbons (Fsp3) is 0.353. The first-order chi connectivity index (χ1) is 9.24. The fourth-order valence-electron chi connectivity index (χ4n) is 1.88. The van der Waals surface area contributed by atoms with Crippen molar-refractivity contribution >= 4 is 25.4 Å². The minimum absolute atomic E-state index is 0.130. The highest BCUT2D eigenvalue weighted by molar-refractivity contribution is 6.74. The average Bonchev–Trinajstić information content (AvgIpc) is 2.36. The SMILES string of the molecule is CC(C)(C)[Si](C)(C)Oc1cc(C=O)cc2ccccc12. The van der Waals surface area contributed by atoms with Crippen LogP contribution in [0.1, 0.15) is 31.1 Å². The Hall–Kier alpha value is -1.61. The highest BCUT2D eigenvalue weighted by atomic mass is 28.4. The summed E-state index contributed by atoms with van der Waals surface area (Å²) in [6.45, 7) is 11.1. The molecule has 0 aromatic heterocycles. The van der Waals surface area contributed by atoms with E-state index in [4.69, 9.17) is 4.43 Å². The van der Waals surface area contributed by atoms with E-state index in [9.17, 15) is 4.79 Å². The standard InChI is InChI=1S/C17H22O2Si/c1-17(2,3)20(4,5)19-16-11-13(12-18)10-14-8-6-7-9-15(14)16/h6-12H,1-5H3. The van der Waals surface area contributed by atoms with Gasteiger partial charge in [-0.05, 0) is 35.7 Å². The third-order valence-corrected chi connectivity index (χ3v) is 8.50. The zero-order valence-electron chi connectivity index (χ0n) is 12.9. The van der Waals surface area contributed by atoms with Gasteiger partial charge in [0.25, 0.3) is 8.32 Å². The maximum Gasteiger partial charge on any atom is 0.250 e. The van der Waals surface area contributed by atoms with E-state index in [1.165, 1.54) is 0 Å². The van der Waals surface area contributed by atoms with Crippen molar-refractivity contribution in [2.24, 2.45) is 0 Å². The molecule has 2 nitrogen and oxygen atoms in total. The molecule has 0 aliphatic rings. The van der Waals surface area contributed by atoms with Gasteiger partial charge in [0.05, 0.1) is 0 Å². The van der Waals surface area contributed by atoms with Crippen LogP contribution in [0.2, 0.25) is 18.1 Å². The number of carbonyl (C=O) groups is 1. The number of rotatable bonds is 3. The van der Waals surface area contributed by atoms with Gasteiger partial charge in [0.1, 0.15) is 12.0 Å². The molecule has 2 aromatic rings. The number of benzene rings is 2. The van der Waals surface area contributed by atoms with Gasteiger partial charge in [0.2, 0.25) is 0 Å². The highest BCUT2D eigenvalue weighted by Gasteiger charge is 2.39. The summed E-state index contributed by atoms with van der Waals surface area (Å²) in [5.74, 6) is 0.830. The monoisotopic (exact) mass is 286 g/mol. The van der Waals surface area contributed by atoms with Crippen LogP contribution in [0.4, 0.5) is 0 Å². The Bertz CT molecular complexity index is 639. The molecule has 0 heterocycles. The summed E-state index contributed by atoms with van der Waals surface area (Å²) < 4.78 is 6.40. The van der Waals surface area contributed by atoms with Gasteiger partial charge < -0.3 is 4.43 Å². The second-order valence-electron chi connectivity index (χ2n) is 6.72. The van der Waals surface area contributed by atoms with Crippen LogP contribution in [-0.2, 0) is 0 Å². The zero-order chi connectivity index (χ0) is 15.0. The summed E-state index contributed by atoms with van der Waals surface area (Å²) in [5.41, 5.74) is 0.664.